The SMILES string of the molecule is O=C(Nc1ccccc1F)c1cc(CN2CCOCC2)on1. The molecule has 0 bridgehead atoms. The first-order chi connectivity index (χ1) is 10.7. The van der Waals surface area contributed by atoms with Gasteiger partial charge in [0.15, 0.2) is 11.5 Å². The second-order valence-electron chi connectivity index (χ2n) is 5.00. The van der Waals surface area contributed by atoms with Crippen LogP contribution < -0.4 is 5.32 Å². The number of hydrogen-bond donors (Lipinski definition) is 1. The summed E-state index contributed by atoms with van der Waals surface area (Å²) in [7, 11) is 0. The van der Waals surface area contributed by atoms with Gasteiger partial charge in [0.25, 0.3) is 5.91 Å². The molecule has 1 aliphatic heterocycles. The third-order valence-electron chi connectivity index (χ3n) is 3.40. The van der Waals surface area contributed by atoms with Crippen LogP contribution in [-0.4, -0.2) is 42.3 Å². The summed E-state index contributed by atoms with van der Waals surface area (Å²) in [5.74, 6) is -0.393. The summed E-state index contributed by atoms with van der Waals surface area (Å²) in [4.78, 5) is 14.2. The molecule has 116 valence electrons. The van der Waals surface area contributed by atoms with Crippen LogP contribution in [0.4, 0.5) is 10.1 Å². The van der Waals surface area contributed by atoms with E-state index in [4.69, 9.17) is 9.26 Å². The fourth-order valence-corrected chi connectivity index (χ4v) is 2.22. The summed E-state index contributed by atoms with van der Waals surface area (Å²) in [6.45, 7) is 3.59. The number of para-hydroxylation sites is 1. The number of nitrogens with zero attached hydrogens (tertiary/aromatic N) is 2. The predicted molar refractivity (Wildman–Crippen MR) is 77.0 cm³/mol. The number of anilines is 1. The van der Waals surface area contributed by atoms with Gasteiger partial charge in [-0.1, -0.05) is 17.3 Å². The highest BCUT2D eigenvalue weighted by Crippen LogP contribution is 2.15. The second kappa shape index (κ2) is 6.67. The second-order valence-corrected chi connectivity index (χ2v) is 5.00. The van der Waals surface area contributed by atoms with Gasteiger partial charge in [-0.15, -0.1) is 0 Å². The van der Waals surface area contributed by atoms with Crippen LogP contribution in [-0.2, 0) is 11.3 Å². The van der Waals surface area contributed by atoms with E-state index in [-0.39, 0.29) is 11.4 Å². The van der Waals surface area contributed by atoms with Gasteiger partial charge in [-0.25, -0.2) is 4.39 Å². The number of rotatable bonds is 4. The molecule has 1 saturated heterocycles. The lowest BCUT2D eigenvalue weighted by molar-refractivity contribution is 0.0305. The van der Waals surface area contributed by atoms with Crippen molar-refractivity contribution in [3.05, 3.63) is 47.6 Å². The van der Waals surface area contributed by atoms with Gasteiger partial charge in [0.2, 0.25) is 0 Å². The molecule has 0 spiro atoms. The van der Waals surface area contributed by atoms with Crippen LogP contribution in [0.5, 0.6) is 0 Å². The van der Waals surface area contributed by atoms with Crippen molar-refractivity contribution in [3.8, 4) is 0 Å². The molecule has 1 aromatic carbocycles. The molecule has 1 aromatic heterocycles. The zero-order valence-electron chi connectivity index (χ0n) is 11.9. The molecule has 0 aliphatic carbocycles. The number of morpholine rings is 1. The van der Waals surface area contributed by atoms with Crippen molar-refractivity contribution in [1.29, 1.82) is 0 Å². The fourth-order valence-electron chi connectivity index (χ4n) is 2.22. The van der Waals surface area contributed by atoms with Crippen molar-refractivity contribution in [3.63, 3.8) is 0 Å². The molecule has 2 heterocycles. The quantitative estimate of drug-likeness (QED) is 0.934. The Morgan fingerprint density at radius 1 is 1.32 bits per heavy atom. The lowest BCUT2D eigenvalue weighted by Gasteiger charge is -2.25. The van der Waals surface area contributed by atoms with Crippen molar-refractivity contribution >= 4 is 11.6 Å². The first kappa shape index (κ1) is 14.7. The molecule has 0 radical (unpaired) electrons. The van der Waals surface area contributed by atoms with E-state index in [1.165, 1.54) is 12.1 Å². The molecule has 0 atom stereocenters. The van der Waals surface area contributed by atoms with Gasteiger partial charge in [-0.05, 0) is 12.1 Å². The number of hydrogen-bond acceptors (Lipinski definition) is 5. The van der Waals surface area contributed by atoms with Gasteiger partial charge in [0.1, 0.15) is 5.82 Å². The monoisotopic (exact) mass is 305 g/mol. The van der Waals surface area contributed by atoms with Gasteiger partial charge in [-0.3, -0.25) is 9.69 Å². The minimum atomic E-state index is -0.498. The lowest BCUT2D eigenvalue weighted by atomic mass is 10.2. The van der Waals surface area contributed by atoms with Crippen LogP contribution in [0.2, 0.25) is 0 Å². The number of nitrogens with one attached hydrogen (secondary N) is 1. The Hall–Kier alpha value is -2.25. The van der Waals surface area contributed by atoms with Crippen LogP contribution >= 0.6 is 0 Å². The molecule has 22 heavy (non-hydrogen) atoms. The molecule has 1 fully saturated rings. The topological polar surface area (TPSA) is 67.6 Å². The highest BCUT2D eigenvalue weighted by Gasteiger charge is 2.17. The van der Waals surface area contributed by atoms with Crippen molar-refractivity contribution in [1.82, 2.24) is 10.1 Å². The Kier molecular flexibility index (Phi) is 4.45. The molecule has 6 nitrogen and oxygen atoms in total. The van der Waals surface area contributed by atoms with E-state index in [1.807, 2.05) is 0 Å². The zero-order chi connectivity index (χ0) is 15.4. The van der Waals surface area contributed by atoms with E-state index in [0.717, 1.165) is 13.1 Å². The Balaban J connectivity index is 1.63. The smallest absolute Gasteiger partial charge is 0.277 e. The lowest BCUT2D eigenvalue weighted by Crippen LogP contribution is -2.35. The Bertz CT molecular complexity index is 653. The number of aromatic nitrogens is 1. The standard InChI is InChI=1S/C15H16FN3O3/c16-12-3-1-2-4-13(12)17-15(20)14-9-11(22-18-14)10-19-5-7-21-8-6-19/h1-4,9H,5-8,10H2,(H,17,20). The Labute approximate surface area is 126 Å². The van der Waals surface area contributed by atoms with E-state index < -0.39 is 11.7 Å². The van der Waals surface area contributed by atoms with Crippen LogP contribution in [0, 0.1) is 5.82 Å². The van der Waals surface area contributed by atoms with Crippen molar-refractivity contribution in [2.45, 2.75) is 6.54 Å². The van der Waals surface area contributed by atoms with Gasteiger partial charge in [0.05, 0.1) is 25.4 Å². The number of benzene rings is 1. The maximum absolute atomic E-state index is 13.5. The predicted octanol–water partition coefficient (Wildman–Crippen LogP) is 1.90. The third-order valence-corrected chi connectivity index (χ3v) is 3.40. The van der Waals surface area contributed by atoms with E-state index in [1.54, 1.807) is 18.2 Å². The Morgan fingerprint density at radius 2 is 2.09 bits per heavy atom. The number of halogens is 1. The van der Waals surface area contributed by atoms with E-state index in [2.05, 4.69) is 15.4 Å². The minimum Gasteiger partial charge on any atom is -0.379 e. The zero-order valence-corrected chi connectivity index (χ0v) is 11.9. The average Bonchev–Trinajstić information content (AvgIpc) is 2.99. The molecule has 1 aliphatic rings. The van der Waals surface area contributed by atoms with Crippen molar-refractivity contribution in [2.24, 2.45) is 0 Å². The van der Waals surface area contributed by atoms with Crippen LogP contribution in [0.25, 0.3) is 0 Å². The molecule has 0 saturated carbocycles. The van der Waals surface area contributed by atoms with Crippen LogP contribution in [0.15, 0.2) is 34.9 Å². The van der Waals surface area contributed by atoms with E-state index in [0.29, 0.717) is 25.5 Å². The Morgan fingerprint density at radius 3 is 2.86 bits per heavy atom. The van der Waals surface area contributed by atoms with Crippen molar-refractivity contribution < 1.29 is 18.4 Å². The van der Waals surface area contributed by atoms with Crippen LogP contribution in [0.3, 0.4) is 0 Å². The number of ether oxygens (including phenoxy) is 1. The summed E-state index contributed by atoms with van der Waals surface area (Å²) in [5, 5.41) is 6.21. The van der Waals surface area contributed by atoms with Gasteiger partial charge >= 0.3 is 0 Å². The molecule has 2 aromatic rings. The first-order valence-electron chi connectivity index (χ1n) is 7.04. The van der Waals surface area contributed by atoms with Gasteiger partial charge in [0, 0.05) is 19.2 Å². The highest BCUT2D eigenvalue weighted by molar-refractivity contribution is 6.02. The molecule has 7 heteroatoms. The van der Waals surface area contributed by atoms with Gasteiger partial charge < -0.3 is 14.6 Å². The van der Waals surface area contributed by atoms with Crippen molar-refractivity contribution in [2.75, 3.05) is 31.6 Å². The molecule has 1 amide bonds. The molecule has 0 unspecified atom stereocenters. The van der Waals surface area contributed by atoms with Gasteiger partial charge in [-0.2, -0.15) is 0 Å². The van der Waals surface area contributed by atoms with E-state index >= 15 is 0 Å². The minimum absolute atomic E-state index is 0.116. The summed E-state index contributed by atoms with van der Waals surface area (Å²) >= 11 is 0. The molecule has 1 N–H and O–H groups in total. The summed E-state index contributed by atoms with van der Waals surface area (Å²) in [5.41, 5.74) is 0.247. The van der Waals surface area contributed by atoms with E-state index in [9.17, 15) is 9.18 Å². The largest absolute Gasteiger partial charge is 0.379 e. The summed E-state index contributed by atoms with van der Waals surface area (Å²) in [6, 6.07) is 7.54. The molecular weight excluding hydrogens is 289 g/mol. The summed E-state index contributed by atoms with van der Waals surface area (Å²) in [6.07, 6.45) is 0. The number of amides is 1. The molecular formula is C15H16FN3O3. The summed E-state index contributed by atoms with van der Waals surface area (Å²) < 4.78 is 23.9. The maximum atomic E-state index is 13.5. The third kappa shape index (κ3) is 3.49. The highest BCUT2D eigenvalue weighted by atomic mass is 19.1. The normalized spacial score (nSPS) is 15.7. The number of carbonyl (C=O) groups excluding carboxylic acids is 1. The maximum Gasteiger partial charge on any atom is 0.277 e. The number of carbonyl (C=O) groups is 1. The average molecular weight is 305 g/mol. The van der Waals surface area contributed by atoms with Crippen LogP contribution in [0.1, 0.15) is 16.2 Å². The fraction of sp³-hybridized carbons (Fsp3) is 0.333. The first-order valence-corrected chi connectivity index (χ1v) is 7.04. The molecule has 3 rings (SSSR count).